The molecular weight excluding hydrogens is 394 g/mol. The first kappa shape index (κ1) is 20.5. The Bertz CT molecular complexity index is 923. The standard InChI is InChI=1S/C24H31N3O4/c1-29-16-13-23(21-25-20(31-26-21)17-3-4-17)11-14-27(15-12-23)22(28)24(9-10-24)18-5-7-19(30-2)8-6-18/h5-8,17H,3-4,9-16H2,1-2H3. The highest BCUT2D eigenvalue weighted by Crippen LogP contribution is 2.51. The Balaban J connectivity index is 1.30. The molecule has 0 N–H and O–H groups in total. The third kappa shape index (κ3) is 3.73. The van der Waals surface area contributed by atoms with Gasteiger partial charge in [0.15, 0.2) is 5.82 Å². The highest BCUT2D eigenvalue weighted by Gasteiger charge is 2.54. The van der Waals surface area contributed by atoms with E-state index in [1.807, 2.05) is 29.2 Å². The van der Waals surface area contributed by atoms with Crippen molar-refractivity contribution in [3.05, 3.63) is 41.5 Å². The molecule has 0 atom stereocenters. The lowest BCUT2D eigenvalue weighted by Gasteiger charge is -2.41. The molecule has 2 aromatic rings. The quantitative estimate of drug-likeness (QED) is 0.643. The van der Waals surface area contributed by atoms with Crippen LogP contribution >= 0.6 is 0 Å². The highest BCUT2D eigenvalue weighted by molar-refractivity contribution is 5.91. The van der Waals surface area contributed by atoms with Gasteiger partial charge in [-0.25, -0.2) is 0 Å². The van der Waals surface area contributed by atoms with Crippen molar-refractivity contribution in [1.82, 2.24) is 15.0 Å². The average molecular weight is 426 g/mol. The molecule has 0 spiro atoms. The maximum Gasteiger partial charge on any atom is 0.233 e. The van der Waals surface area contributed by atoms with Gasteiger partial charge in [-0.2, -0.15) is 4.98 Å². The topological polar surface area (TPSA) is 77.7 Å². The van der Waals surface area contributed by atoms with Crippen molar-refractivity contribution < 1.29 is 18.8 Å². The minimum Gasteiger partial charge on any atom is -0.497 e. The maximum absolute atomic E-state index is 13.5. The van der Waals surface area contributed by atoms with E-state index in [4.69, 9.17) is 19.0 Å². The van der Waals surface area contributed by atoms with Gasteiger partial charge in [0.25, 0.3) is 0 Å². The SMILES string of the molecule is COCCC1(c2noc(C3CC3)n2)CCN(C(=O)C2(c3ccc(OC)cc3)CC2)CC1. The first-order valence-corrected chi connectivity index (χ1v) is 11.4. The van der Waals surface area contributed by atoms with Crippen LogP contribution in [-0.4, -0.2) is 54.9 Å². The van der Waals surface area contributed by atoms with Gasteiger partial charge in [0, 0.05) is 38.1 Å². The van der Waals surface area contributed by atoms with E-state index < -0.39 is 0 Å². The Labute approximate surface area is 183 Å². The lowest BCUT2D eigenvalue weighted by molar-refractivity contribution is -0.135. The normalized spacial score (nSPS) is 21.7. The van der Waals surface area contributed by atoms with Gasteiger partial charge in [-0.3, -0.25) is 4.79 Å². The number of hydrogen-bond acceptors (Lipinski definition) is 6. The molecule has 2 saturated carbocycles. The van der Waals surface area contributed by atoms with Crippen LogP contribution in [0.2, 0.25) is 0 Å². The number of benzene rings is 1. The van der Waals surface area contributed by atoms with Gasteiger partial charge >= 0.3 is 0 Å². The number of carbonyl (C=O) groups excluding carboxylic acids is 1. The summed E-state index contributed by atoms with van der Waals surface area (Å²) in [6, 6.07) is 7.97. The van der Waals surface area contributed by atoms with E-state index in [9.17, 15) is 4.79 Å². The Morgan fingerprint density at radius 1 is 1.13 bits per heavy atom. The largest absolute Gasteiger partial charge is 0.497 e. The number of likely N-dealkylation sites (tertiary alicyclic amines) is 1. The van der Waals surface area contributed by atoms with Crippen molar-refractivity contribution in [2.45, 2.75) is 61.7 Å². The Kier molecular flexibility index (Phi) is 5.24. The summed E-state index contributed by atoms with van der Waals surface area (Å²) in [7, 11) is 3.39. The van der Waals surface area contributed by atoms with Crippen molar-refractivity contribution in [3.8, 4) is 5.75 Å². The molecule has 5 rings (SSSR count). The zero-order valence-corrected chi connectivity index (χ0v) is 18.4. The molecule has 0 radical (unpaired) electrons. The van der Waals surface area contributed by atoms with Crippen molar-refractivity contribution in [1.29, 1.82) is 0 Å². The minimum absolute atomic E-state index is 0.180. The molecule has 7 nitrogen and oxygen atoms in total. The number of rotatable bonds is 8. The predicted molar refractivity (Wildman–Crippen MR) is 114 cm³/mol. The number of ether oxygens (including phenoxy) is 2. The van der Waals surface area contributed by atoms with Crippen molar-refractivity contribution >= 4 is 5.91 Å². The summed E-state index contributed by atoms with van der Waals surface area (Å²) in [5.74, 6) is 3.10. The molecule has 166 valence electrons. The fourth-order valence-corrected chi connectivity index (χ4v) is 4.93. The number of amides is 1. The third-order valence-electron chi connectivity index (χ3n) is 7.44. The monoisotopic (exact) mass is 425 g/mol. The Morgan fingerprint density at radius 3 is 2.42 bits per heavy atom. The second-order valence-corrected chi connectivity index (χ2v) is 9.36. The van der Waals surface area contributed by atoms with Gasteiger partial charge in [0.1, 0.15) is 5.75 Å². The molecule has 3 fully saturated rings. The molecule has 1 aromatic carbocycles. The summed E-state index contributed by atoms with van der Waals surface area (Å²) >= 11 is 0. The van der Waals surface area contributed by atoms with Crippen LogP contribution < -0.4 is 4.74 Å². The van der Waals surface area contributed by atoms with Crippen LogP contribution in [0.15, 0.2) is 28.8 Å². The van der Waals surface area contributed by atoms with Crippen molar-refractivity contribution in [2.75, 3.05) is 33.9 Å². The zero-order valence-electron chi connectivity index (χ0n) is 18.4. The van der Waals surface area contributed by atoms with Crippen LogP contribution in [0.5, 0.6) is 5.75 Å². The van der Waals surface area contributed by atoms with Gasteiger partial charge < -0.3 is 18.9 Å². The lowest BCUT2D eigenvalue weighted by atomic mass is 9.74. The van der Waals surface area contributed by atoms with Gasteiger partial charge in [-0.15, -0.1) is 0 Å². The van der Waals surface area contributed by atoms with Crippen LogP contribution in [0, 0.1) is 0 Å². The first-order chi connectivity index (χ1) is 15.1. The van der Waals surface area contributed by atoms with E-state index in [0.717, 1.165) is 68.0 Å². The van der Waals surface area contributed by atoms with Crippen LogP contribution in [0.4, 0.5) is 0 Å². The van der Waals surface area contributed by atoms with Gasteiger partial charge in [0.05, 0.1) is 12.5 Å². The molecule has 1 saturated heterocycles. The highest BCUT2D eigenvalue weighted by atomic mass is 16.5. The fourth-order valence-electron chi connectivity index (χ4n) is 4.93. The van der Waals surface area contributed by atoms with Crippen LogP contribution in [0.25, 0.3) is 0 Å². The second-order valence-electron chi connectivity index (χ2n) is 9.36. The molecule has 2 heterocycles. The van der Waals surface area contributed by atoms with E-state index in [1.54, 1.807) is 14.2 Å². The molecule has 2 aliphatic carbocycles. The summed E-state index contributed by atoms with van der Waals surface area (Å²) in [6.07, 6.45) is 6.64. The maximum atomic E-state index is 13.5. The predicted octanol–water partition coefficient (Wildman–Crippen LogP) is 3.58. The van der Waals surface area contributed by atoms with E-state index in [2.05, 4.69) is 5.16 Å². The van der Waals surface area contributed by atoms with E-state index in [-0.39, 0.29) is 16.7 Å². The van der Waals surface area contributed by atoms with Crippen LogP contribution in [-0.2, 0) is 20.4 Å². The molecule has 1 aromatic heterocycles. The van der Waals surface area contributed by atoms with Crippen LogP contribution in [0.1, 0.15) is 68.1 Å². The summed E-state index contributed by atoms with van der Waals surface area (Å²) in [5, 5.41) is 4.36. The number of methoxy groups -OCH3 is 2. The average Bonchev–Trinajstić information content (AvgIpc) is 3.76. The zero-order chi connectivity index (χ0) is 21.5. The first-order valence-electron chi connectivity index (χ1n) is 11.4. The number of piperidine rings is 1. The van der Waals surface area contributed by atoms with E-state index >= 15 is 0 Å². The summed E-state index contributed by atoms with van der Waals surface area (Å²) in [6.45, 7) is 2.08. The Morgan fingerprint density at radius 2 is 1.84 bits per heavy atom. The lowest BCUT2D eigenvalue weighted by Crippen LogP contribution is -2.49. The van der Waals surface area contributed by atoms with Crippen molar-refractivity contribution in [3.63, 3.8) is 0 Å². The molecule has 31 heavy (non-hydrogen) atoms. The molecular formula is C24H31N3O4. The molecule has 1 aliphatic heterocycles. The van der Waals surface area contributed by atoms with Gasteiger partial charge in [-0.05, 0) is 62.6 Å². The van der Waals surface area contributed by atoms with Crippen LogP contribution in [0.3, 0.4) is 0 Å². The minimum atomic E-state index is -0.357. The molecule has 3 aliphatic rings. The summed E-state index contributed by atoms with van der Waals surface area (Å²) in [4.78, 5) is 20.3. The van der Waals surface area contributed by atoms with Gasteiger partial charge in [-0.1, -0.05) is 17.3 Å². The summed E-state index contributed by atoms with van der Waals surface area (Å²) in [5.41, 5.74) is 0.561. The fraction of sp³-hybridized carbons (Fsp3) is 0.625. The summed E-state index contributed by atoms with van der Waals surface area (Å²) < 4.78 is 16.2. The van der Waals surface area contributed by atoms with E-state index in [1.165, 1.54) is 0 Å². The number of nitrogens with zero attached hydrogens (tertiary/aromatic N) is 3. The number of aromatic nitrogens is 2. The third-order valence-corrected chi connectivity index (χ3v) is 7.44. The van der Waals surface area contributed by atoms with Crippen molar-refractivity contribution in [2.24, 2.45) is 0 Å². The number of carbonyl (C=O) groups is 1. The molecule has 0 unspecified atom stereocenters. The molecule has 1 amide bonds. The Hall–Kier alpha value is -2.41. The van der Waals surface area contributed by atoms with Gasteiger partial charge in [0.2, 0.25) is 11.8 Å². The number of hydrogen-bond donors (Lipinski definition) is 0. The molecule has 7 heteroatoms. The smallest absolute Gasteiger partial charge is 0.233 e. The molecule has 0 bridgehead atoms. The van der Waals surface area contributed by atoms with E-state index in [0.29, 0.717) is 25.6 Å². The second kappa shape index (κ2) is 7.93.